The van der Waals surface area contributed by atoms with Crippen molar-refractivity contribution >= 4 is 51.9 Å². The number of aromatic nitrogens is 3. The van der Waals surface area contributed by atoms with Gasteiger partial charge in [-0.15, -0.1) is 5.06 Å². The predicted octanol–water partition coefficient (Wildman–Crippen LogP) is 5.55. The van der Waals surface area contributed by atoms with Gasteiger partial charge in [-0.3, -0.25) is 19.4 Å². The molecule has 8 rings (SSSR count). The number of rotatable bonds is 11. The van der Waals surface area contributed by atoms with Crippen molar-refractivity contribution in [1.29, 1.82) is 0 Å². The van der Waals surface area contributed by atoms with Gasteiger partial charge in [-0.25, -0.2) is 14.8 Å². The molecule has 2 N–H and O–H groups in total. The van der Waals surface area contributed by atoms with Crippen LogP contribution < -0.4 is 10.2 Å². The zero-order valence-electron chi connectivity index (χ0n) is 32.1. The number of aromatic amines is 1. The molecule has 2 aromatic heterocycles. The molecule has 6 heterocycles. The topological polar surface area (TPSA) is 130 Å². The van der Waals surface area contributed by atoms with Gasteiger partial charge in [0.25, 0.3) is 11.8 Å². The van der Waals surface area contributed by atoms with Crippen LogP contribution in [0.5, 0.6) is 0 Å². The first-order valence-corrected chi connectivity index (χ1v) is 20.4. The number of hydrogen-bond acceptors (Lipinski definition) is 11. The molecular weight excluding hydrogens is 775 g/mol. The molecule has 308 valence electrons. The fourth-order valence-electron chi connectivity index (χ4n) is 8.66. The average molecular weight is 822 g/mol. The van der Waals surface area contributed by atoms with Crippen molar-refractivity contribution in [3.8, 4) is 11.3 Å². The SMILES string of the molecule is O=C1CCC(c2ccc(N3CCC(CN4CCN(CCN5CC[C@@H](Nc6ncc(Cl)c(-c7c[nH]c8ccccc78)n6)C5)CC4)CC3)cc2)C(=O)N1OC(=O)C(F)(F)F. The molecule has 58 heavy (non-hydrogen) atoms. The Morgan fingerprint density at radius 2 is 1.62 bits per heavy atom. The van der Waals surface area contributed by atoms with Crippen LogP contribution in [0.15, 0.2) is 60.9 Å². The molecule has 0 spiro atoms. The highest BCUT2D eigenvalue weighted by molar-refractivity contribution is 6.33. The summed E-state index contributed by atoms with van der Waals surface area (Å²) in [5, 5.41) is 5.12. The Bertz CT molecular complexity index is 2100. The maximum absolute atomic E-state index is 12.9. The summed E-state index contributed by atoms with van der Waals surface area (Å²) in [6.45, 7) is 11.2. The van der Waals surface area contributed by atoms with E-state index in [1.165, 1.54) is 0 Å². The van der Waals surface area contributed by atoms with E-state index in [-0.39, 0.29) is 23.9 Å². The minimum atomic E-state index is -5.32. The number of piperidine rings is 2. The van der Waals surface area contributed by atoms with Gasteiger partial charge in [0.2, 0.25) is 5.95 Å². The third-order valence-electron chi connectivity index (χ3n) is 12.0. The van der Waals surface area contributed by atoms with Crippen LogP contribution in [-0.2, 0) is 19.2 Å². The largest absolute Gasteiger partial charge is 0.493 e. The van der Waals surface area contributed by atoms with E-state index in [1.54, 1.807) is 18.3 Å². The quantitative estimate of drug-likeness (QED) is 0.185. The zero-order valence-corrected chi connectivity index (χ0v) is 32.9. The van der Waals surface area contributed by atoms with Crippen LogP contribution in [0.3, 0.4) is 0 Å². The van der Waals surface area contributed by atoms with Gasteiger partial charge in [0.05, 0.1) is 22.8 Å². The maximum Gasteiger partial charge on any atom is 0.493 e. The number of alkyl halides is 3. The van der Waals surface area contributed by atoms with Gasteiger partial charge >= 0.3 is 12.1 Å². The lowest BCUT2D eigenvalue weighted by Gasteiger charge is -2.39. The smallest absolute Gasteiger partial charge is 0.372 e. The first-order chi connectivity index (χ1) is 28.0. The number of H-pyrrole nitrogens is 1. The second kappa shape index (κ2) is 17.2. The normalized spacial score (nSPS) is 21.9. The van der Waals surface area contributed by atoms with Gasteiger partial charge in [-0.2, -0.15) is 13.2 Å². The molecule has 2 amide bonds. The summed E-state index contributed by atoms with van der Waals surface area (Å²) in [7, 11) is 0. The number of carbonyl (C=O) groups is 3. The second-order valence-electron chi connectivity index (χ2n) is 15.7. The van der Waals surface area contributed by atoms with E-state index in [4.69, 9.17) is 16.6 Å². The Labute approximate surface area is 339 Å². The number of benzene rings is 2. The summed E-state index contributed by atoms with van der Waals surface area (Å²) in [5.41, 5.74) is 4.29. The molecule has 0 bridgehead atoms. The number of para-hydroxylation sites is 1. The minimum absolute atomic E-state index is 0.0352. The monoisotopic (exact) mass is 821 g/mol. The second-order valence-corrected chi connectivity index (χ2v) is 16.1. The van der Waals surface area contributed by atoms with Crippen LogP contribution in [0.2, 0.25) is 5.02 Å². The van der Waals surface area contributed by atoms with Crippen molar-refractivity contribution in [3.05, 3.63) is 71.5 Å². The molecule has 2 atom stereocenters. The van der Waals surface area contributed by atoms with Crippen LogP contribution in [0.1, 0.15) is 43.6 Å². The highest BCUT2D eigenvalue weighted by atomic mass is 35.5. The van der Waals surface area contributed by atoms with Crippen molar-refractivity contribution < 1.29 is 32.4 Å². The van der Waals surface area contributed by atoms with Crippen molar-refractivity contribution in [2.24, 2.45) is 5.92 Å². The maximum atomic E-state index is 12.9. The highest BCUT2D eigenvalue weighted by Crippen LogP contribution is 2.34. The molecule has 17 heteroatoms. The lowest BCUT2D eigenvalue weighted by Crippen LogP contribution is -2.50. The zero-order chi connectivity index (χ0) is 40.4. The average Bonchev–Trinajstić information content (AvgIpc) is 3.87. The summed E-state index contributed by atoms with van der Waals surface area (Å²) >= 11 is 6.55. The highest BCUT2D eigenvalue weighted by Gasteiger charge is 2.46. The number of carbonyl (C=O) groups excluding carboxylic acids is 3. The van der Waals surface area contributed by atoms with Crippen LogP contribution >= 0.6 is 11.6 Å². The lowest BCUT2D eigenvalue weighted by molar-refractivity contribution is -0.237. The number of anilines is 2. The molecular formula is C41H47ClF3N9O4. The molecule has 4 aliphatic rings. The molecule has 13 nitrogen and oxygen atoms in total. The molecule has 0 aliphatic carbocycles. The van der Waals surface area contributed by atoms with Crippen molar-refractivity contribution in [2.45, 2.75) is 50.2 Å². The molecule has 1 unspecified atom stereocenters. The predicted molar refractivity (Wildman–Crippen MR) is 213 cm³/mol. The van der Waals surface area contributed by atoms with Crippen LogP contribution in [0.4, 0.5) is 24.8 Å². The summed E-state index contributed by atoms with van der Waals surface area (Å²) in [6, 6.07) is 15.7. The summed E-state index contributed by atoms with van der Waals surface area (Å²) in [6.07, 6.45) is 1.40. The molecule has 4 fully saturated rings. The Balaban J connectivity index is 0.734. The third kappa shape index (κ3) is 9.09. The van der Waals surface area contributed by atoms with Gasteiger partial charge in [0.1, 0.15) is 0 Å². The van der Waals surface area contributed by atoms with E-state index in [0.717, 1.165) is 119 Å². The minimum Gasteiger partial charge on any atom is -0.372 e. The summed E-state index contributed by atoms with van der Waals surface area (Å²) < 4.78 is 38.1. The molecule has 4 aliphatic heterocycles. The third-order valence-corrected chi connectivity index (χ3v) is 12.2. The number of fused-ring (bicyclic) bond motifs is 1. The summed E-state index contributed by atoms with van der Waals surface area (Å²) in [4.78, 5) is 63.0. The summed E-state index contributed by atoms with van der Waals surface area (Å²) in [5.74, 6) is -4.21. The fourth-order valence-corrected chi connectivity index (χ4v) is 8.85. The molecule has 0 saturated carbocycles. The van der Waals surface area contributed by atoms with Gasteiger partial charge in [0, 0.05) is 113 Å². The van der Waals surface area contributed by atoms with Crippen LogP contribution in [0.25, 0.3) is 22.2 Å². The number of imide groups is 1. The Kier molecular flexibility index (Phi) is 11.9. The molecule has 0 radical (unpaired) electrons. The van der Waals surface area contributed by atoms with E-state index in [0.29, 0.717) is 22.5 Å². The van der Waals surface area contributed by atoms with Gasteiger partial charge < -0.3 is 24.9 Å². The number of hydrogen-bond donors (Lipinski definition) is 2. The number of piperazine rings is 1. The van der Waals surface area contributed by atoms with Crippen LogP contribution in [0, 0.1) is 5.92 Å². The number of hydroxylamine groups is 2. The van der Waals surface area contributed by atoms with Crippen molar-refractivity contribution in [2.75, 3.05) is 82.2 Å². The Morgan fingerprint density at radius 1 is 0.897 bits per heavy atom. The lowest BCUT2D eigenvalue weighted by atomic mass is 9.90. The first-order valence-electron chi connectivity index (χ1n) is 20.0. The number of likely N-dealkylation sites (tertiary alicyclic amines) is 1. The van der Waals surface area contributed by atoms with E-state index < -0.39 is 29.9 Å². The molecule has 4 saturated heterocycles. The Hall–Kier alpha value is -4.77. The van der Waals surface area contributed by atoms with E-state index in [9.17, 15) is 27.6 Å². The van der Waals surface area contributed by atoms with Gasteiger partial charge in [-0.05, 0) is 55.4 Å². The van der Waals surface area contributed by atoms with Crippen molar-refractivity contribution in [1.82, 2.24) is 34.7 Å². The van der Waals surface area contributed by atoms with Crippen molar-refractivity contribution in [3.63, 3.8) is 0 Å². The van der Waals surface area contributed by atoms with Gasteiger partial charge in [-0.1, -0.05) is 41.9 Å². The number of nitrogens with zero attached hydrogens (tertiary/aromatic N) is 7. The van der Waals surface area contributed by atoms with E-state index >= 15 is 0 Å². The molecule has 2 aromatic carbocycles. The van der Waals surface area contributed by atoms with E-state index in [2.05, 4.69) is 45.8 Å². The number of nitrogens with one attached hydrogen (secondary N) is 2. The van der Waals surface area contributed by atoms with Crippen LogP contribution in [-0.4, -0.2) is 137 Å². The van der Waals surface area contributed by atoms with Gasteiger partial charge in [0.15, 0.2) is 0 Å². The standard InChI is InChI=1S/C41H47ClF3N9O4/c42-34-24-47-40(49-37(34)33-23-46-35-4-2-1-3-32(33)35)48-29-13-14-51(26-29)20-17-50-18-21-52(22-19-50)25-27-11-15-53(16-12-27)30-7-5-28(6-8-30)31-9-10-36(55)54(38(31)56)58-39(57)41(43,44)45/h1-8,23-24,27,29,31,46H,9-22,25-26H2,(H,47,48,49)/t29-,31?/m1/s1. The number of amides is 2. The Morgan fingerprint density at radius 3 is 2.38 bits per heavy atom. The molecule has 4 aromatic rings. The first kappa shape index (κ1) is 40.0. The fraction of sp³-hybridized carbons (Fsp3) is 0.488. The van der Waals surface area contributed by atoms with E-state index in [1.807, 2.05) is 36.5 Å². The number of halogens is 4.